The molecule has 0 bridgehead atoms. The second kappa shape index (κ2) is 5.34. The molecule has 0 unspecified atom stereocenters. The van der Waals surface area contributed by atoms with Gasteiger partial charge in [0.25, 0.3) is 0 Å². The molecule has 108 valence electrons. The Morgan fingerprint density at radius 3 is 3.00 bits per heavy atom. The molecule has 1 aliphatic carbocycles. The van der Waals surface area contributed by atoms with Crippen LogP contribution in [0.25, 0.3) is 0 Å². The van der Waals surface area contributed by atoms with Gasteiger partial charge in [-0.15, -0.1) is 0 Å². The molecule has 1 atom stereocenters. The summed E-state index contributed by atoms with van der Waals surface area (Å²) in [6, 6.07) is 4.92. The quantitative estimate of drug-likeness (QED) is 0.841. The highest BCUT2D eigenvalue weighted by Gasteiger charge is 2.31. The van der Waals surface area contributed by atoms with Crippen molar-refractivity contribution in [2.45, 2.75) is 31.8 Å². The van der Waals surface area contributed by atoms with Gasteiger partial charge in [0.15, 0.2) is 0 Å². The molecule has 3 heterocycles. The lowest BCUT2D eigenvalue weighted by Crippen LogP contribution is -2.39. The Morgan fingerprint density at radius 2 is 2.20 bits per heavy atom. The lowest BCUT2D eigenvalue weighted by atomic mass is 10.2. The molecule has 2 aliphatic heterocycles. The fourth-order valence-corrected chi connectivity index (χ4v) is 3.40. The SMILES string of the molecule is c1cnc2c(c1)CN([C@@H]1CCOC1)CCN2CC1CC1. The lowest BCUT2D eigenvalue weighted by Gasteiger charge is -2.26. The number of ether oxygens (including phenoxy) is 1. The fourth-order valence-electron chi connectivity index (χ4n) is 3.40. The maximum absolute atomic E-state index is 5.57. The van der Waals surface area contributed by atoms with Crippen LogP contribution in [0.15, 0.2) is 18.3 Å². The third-order valence-electron chi connectivity index (χ3n) is 4.80. The van der Waals surface area contributed by atoms with Crippen LogP contribution in [-0.4, -0.2) is 48.8 Å². The minimum atomic E-state index is 0.601. The molecule has 1 saturated heterocycles. The zero-order chi connectivity index (χ0) is 13.4. The number of pyridine rings is 1. The van der Waals surface area contributed by atoms with Gasteiger partial charge in [-0.05, 0) is 31.2 Å². The molecule has 1 aromatic heterocycles. The molecule has 4 heteroatoms. The van der Waals surface area contributed by atoms with Gasteiger partial charge < -0.3 is 9.64 Å². The van der Waals surface area contributed by atoms with Crippen molar-refractivity contribution in [3.63, 3.8) is 0 Å². The Labute approximate surface area is 120 Å². The molecular formula is C16H23N3O. The summed E-state index contributed by atoms with van der Waals surface area (Å²) < 4.78 is 5.57. The van der Waals surface area contributed by atoms with Crippen molar-refractivity contribution < 1.29 is 4.74 Å². The number of anilines is 1. The molecule has 3 aliphatic rings. The van der Waals surface area contributed by atoms with Crippen molar-refractivity contribution in [1.29, 1.82) is 0 Å². The number of aromatic nitrogens is 1. The molecule has 0 amide bonds. The zero-order valence-corrected chi connectivity index (χ0v) is 12.0. The second-order valence-electron chi connectivity index (χ2n) is 6.36. The van der Waals surface area contributed by atoms with Crippen molar-refractivity contribution in [2.75, 3.05) is 37.7 Å². The molecule has 0 N–H and O–H groups in total. The lowest BCUT2D eigenvalue weighted by molar-refractivity contribution is 0.142. The van der Waals surface area contributed by atoms with Crippen molar-refractivity contribution >= 4 is 5.82 Å². The summed E-state index contributed by atoms with van der Waals surface area (Å²) in [6.07, 6.45) is 5.92. The van der Waals surface area contributed by atoms with E-state index in [9.17, 15) is 0 Å². The second-order valence-corrected chi connectivity index (χ2v) is 6.36. The van der Waals surface area contributed by atoms with E-state index in [0.717, 1.165) is 38.8 Å². The van der Waals surface area contributed by atoms with Gasteiger partial charge in [-0.1, -0.05) is 6.07 Å². The van der Waals surface area contributed by atoms with Crippen LogP contribution < -0.4 is 4.90 Å². The van der Waals surface area contributed by atoms with Crippen molar-refractivity contribution in [1.82, 2.24) is 9.88 Å². The van der Waals surface area contributed by atoms with Gasteiger partial charge in [-0.3, -0.25) is 4.90 Å². The molecule has 2 fully saturated rings. The van der Waals surface area contributed by atoms with E-state index in [4.69, 9.17) is 4.74 Å². The fraction of sp³-hybridized carbons (Fsp3) is 0.688. The summed E-state index contributed by atoms with van der Waals surface area (Å²) >= 11 is 0. The van der Waals surface area contributed by atoms with E-state index >= 15 is 0 Å². The van der Waals surface area contributed by atoms with Crippen molar-refractivity contribution in [2.24, 2.45) is 5.92 Å². The summed E-state index contributed by atoms with van der Waals surface area (Å²) in [4.78, 5) is 9.78. The van der Waals surface area contributed by atoms with E-state index in [0.29, 0.717) is 6.04 Å². The highest BCUT2D eigenvalue weighted by molar-refractivity contribution is 5.48. The Kier molecular flexibility index (Phi) is 3.36. The first-order valence-electron chi connectivity index (χ1n) is 7.91. The minimum absolute atomic E-state index is 0.601. The molecule has 4 nitrogen and oxygen atoms in total. The highest BCUT2D eigenvalue weighted by Crippen LogP contribution is 2.33. The third-order valence-corrected chi connectivity index (χ3v) is 4.80. The molecule has 4 rings (SSSR count). The van der Waals surface area contributed by atoms with Gasteiger partial charge >= 0.3 is 0 Å². The number of rotatable bonds is 3. The van der Waals surface area contributed by atoms with Gasteiger partial charge in [0.05, 0.1) is 6.61 Å². The summed E-state index contributed by atoms with van der Waals surface area (Å²) in [6.45, 7) is 6.29. The highest BCUT2D eigenvalue weighted by atomic mass is 16.5. The molecule has 1 saturated carbocycles. The molecule has 0 radical (unpaired) electrons. The maximum Gasteiger partial charge on any atom is 0.133 e. The Balaban J connectivity index is 1.57. The summed E-state index contributed by atoms with van der Waals surface area (Å²) in [7, 11) is 0. The number of hydrogen-bond acceptors (Lipinski definition) is 4. The van der Waals surface area contributed by atoms with E-state index in [-0.39, 0.29) is 0 Å². The van der Waals surface area contributed by atoms with Crippen molar-refractivity contribution in [3.05, 3.63) is 23.9 Å². The van der Waals surface area contributed by atoms with Crippen LogP contribution in [0.3, 0.4) is 0 Å². The Bertz CT molecular complexity index is 469. The van der Waals surface area contributed by atoms with Crippen LogP contribution >= 0.6 is 0 Å². The molecular weight excluding hydrogens is 250 g/mol. The Morgan fingerprint density at radius 1 is 1.25 bits per heavy atom. The van der Waals surface area contributed by atoms with Crippen LogP contribution in [0.1, 0.15) is 24.8 Å². The average molecular weight is 273 g/mol. The molecule has 0 aromatic carbocycles. The number of nitrogens with zero attached hydrogens (tertiary/aromatic N) is 3. The minimum Gasteiger partial charge on any atom is -0.380 e. The van der Waals surface area contributed by atoms with Crippen molar-refractivity contribution in [3.8, 4) is 0 Å². The van der Waals surface area contributed by atoms with E-state index < -0.39 is 0 Å². The standard InChI is InChI=1S/C16H23N3O/c1-2-14-11-18(15-5-9-20-12-15)7-8-19(10-13-3-4-13)16(14)17-6-1/h1-2,6,13,15H,3-5,7-12H2/t15-/m1/s1. The first-order chi connectivity index (χ1) is 9.90. The van der Waals surface area contributed by atoms with Gasteiger partial charge in [0.2, 0.25) is 0 Å². The first kappa shape index (κ1) is 12.6. The predicted molar refractivity (Wildman–Crippen MR) is 78.8 cm³/mol. The third kappa shape index (κ3) is 2.54. The smallest absolute Gasteiger partial charge is 0.133 e. The van der Waals surface area contributed by atoms with Crippen LogP contribution in [0.2, 0.25) is 0 Å². The van der Waals surface area contributed by atoms with E-state index in [2.05, 4.69) is 26.9 Å². The van der Waals surface area contributed by atoms with Crippen LogP contribution in [0.5, 0.6) is 0 Å². The monoisotopic (exact) mass is 273 g/mol. The van der Waals surface area contributed by atoms with E-state index in [1.54, 1.807) is 0 Å². The van der Waals surface area contributed by atoms with Gasteiger partial charge in [0.1, 0.15) is 5.82 Å². The summed E-state index contributed by atoms with van der Waals surface area (Å²) in [5.74, 6) is 2.13. The topological polar surface area (TPSA) is 28.6 Å². The normalized spacial score (nSPS) is 27.4. The molecule has 1 aromatic rings. The first-order valence-corrected chi connectivity index (χ1v) is 7.91. The van der Waals surface area contributed by atoms with Gasteiger partial charge in [-0.25, -0.2) is 4.98 Å². The molecule has 20 heavy (non-hydrogen) atoms. The average Bonchev–Trinajstić information content (AvgIpc) is 3.17. The maximum atomic E-state index is 5.57. The predicted octanol–water partition coefficient (Wildman–Crippen LogP) is 1.90. The van der Waals surface area contributed by atoms with Gasteiger partial charge in [-0.2, -0.15) is 0 Å². The van der Waals surface area contributed by atoms with Gasteiger partial charge in [0, 0.05) is 50.6 Å². The Hall–Kier alpha value is -1.13. The van der Waals surface area contributed by atoms with Crippen LogP contribution in [0.4, 0.5) is 5.82 Å². The summed E-state index contributed by atoms with van der Waals surface area (Å²) in [5, 5.41) is 0. The number of fused-ring (bicyclic) bond motifs is 1. The number of hydrogen-bond donors (Lipinski definition) is 0. The summed E-state index contributed by atoms with van der Waals surface area (Å²) in [5.41, 5.74) is 1.39. The zero-order valence-electron chi connectivity index (χ0n) is 12.0. The van der Waals surface area contributed by atoms with Crippen LogP contribution in [-0.2, 0) is 11.3 Å². The van der Waals surface area contributed by atoms with Crippen LogP contribution in [0, 0.1) is 5.92 Å². The molecule has 0 spiro atoms. The largest absolute Gasteiger partial charge is 0.380 e. The van der Waals surface area contributed by atoms with E-state index in [1.807, 2.05) is 6.20 Å². The van der Waals surface area contributed by atoms with E-state index in [1.165, 1.54) is 37.2 Å².